The van der Waals surface area contributed by atoms with Gasteiger partial charge in [0.05, 0.1) is 12.2 Å². The van der Waals surface area contributed by atoms with Gasteiger partial charge < -0.3 is 4.74 Å². The average Bonchev–Trinajstić information content (AvgIpc) is 2.75. The number of rotatable bonds is 5. The van der Waals surface area contributed by atoms with E-state index in [4.69, 9.17) is 9.57 Å². The highest BCUT2D eigenvalue weighted by atomic mass is 16.7. The average molecular weight is 227 g/mol. The van der Waals surface area contributed by atoms with E-state index in [0.717, 1.165) is 13.0 Å². The van der Waals surface area contributed by atoms with E-state index in [1.54, 1.807) is 0 Å². The highest BCUT2D eigenvalue weighted by Crippen LogP contribution is 2.42. The quantitative estimate of drug-likeness (QED) is 0.732. The molecular weight excluding hydrogens is 202 g/mol. The zero-order chi connectivity index (χ0) is 11.6. The Hall–Kier alpha value is -0.120. The molecule has 3 heteroatoms. The van der Waals surface area contributed by atoms with Crippen molar-refractivity contribution < 1.29 is 9.57 Å². The Morgan fingerprint density at radius 1 is 1.25 bits per heavy atom. The van der Waals surface area contributed by atoms with Gasteiger partial charge in [-0.25, -0.2) is 0 Å². The Kier molecular flexibility index (Phi) is 3.88. The predicted molar refractivity (Wildman–Crippen MR) is 64.1 cm³/mol. The highest BCUT2D eigenvalue weighted by molar-refractivity contribution is 5.01. The van der Waals surface area contributed by atoms with Crippen molar-refractivity contribution in [1.29, 1.82) is 0 Å². The first-order chi connectivity index (χ1) is 7.64. The first-order valence-electron chi connectivity index (χ1n) is 6.67. The second-order valence-corrected chi connectivity index (χ2v) is 5.70. The zero-order valence-electron chi connectivity index (χ0n) is 10.8. The van der Waals surface area contributed by atoms with Crippen LogP contribution >= 0.6 is 0 Å². The fraction of sp³-hybridized carbons (Fsp3) is 1.00. The number of ether oxygens (including phenoxy) is 1. The van der Waals surface area contributed by atoms with E-state index in [1.165, 1.54) is 25.7 Å². The van der Waals surface area contributed by atoms with Crippen LogP contribution in [0.4, 0.5) is 0 Å². The van der Waals surface area contributed by atoms with Crippen molar-refractivity contribution in [3.63, 3.8) is 0 Å². The molecule has 0 aromatic carbocycles. The lowest BCUT2D eigenvalue weighted by Crippen LogP contribution is -2.61. The highest BCUT2D eigenvalue weighted by Gasteiger charge is 2.49. The molecule has 2 aliphatic rings. The van der Waals surface area contributed by atoms with E-state index >= 15 is 0 Å². The molecule has 0 saturated heterocycles. The first kappa shape index (κ1) is 12.3. The maximum atomic E-state index is 5.76. The molecule has 2 saturated carbocycles. The summed E-state index contributed by atoms with van der Waals surface area (Å²) in [6.07, 6.45) is 6.99. The van der Waals surface area contributed by atoms with E-state index < -0.39 is 0 Å². The molecule has 2 rings (SSSR count). The van der Waals surface area contributed by atoms with Crippen LogP contribution in [0.2, 0.25) is 0 Å². The molecule has 0 radical (unpaired) electrons. The second kappa shape index (κ2) is 5.03. The van der Waals surface area contributed by atoms with Gasteiger partial charge in [-0.1, -0.05) is 26.7 Å². The molecule has 0 aromatic rings. The Bertz CT molecular complexity index is 224. The summed E-state index contributed by atoms with van der Waals surface area (Å²) in [6.45, 7) is 7.38. The van der Waals surface area contributed by atoms with Crippen LogP contribution in [0.5, 0.6) is 0 Å². The van der Waals surface area contributed by atoms with E-state index in [-0.39, 0.29) is 5.41 Å². The molecule has 0 aliphatic heterocycles. The summed E-state index contributed by atoms with van der Waals surface area (Å²) in [5.74, 6) is 0. The van der Waals surface area contributed by atoms with E-state index in [2.05, 4.69) is 26.3 Å². The largest absolute Gasteiger partial charge is 0.378 e. The van der Waals surface area contributed by atoms with Crippen LogP contribution in [0.1, 0.15) is 52.9 Å². The number of hydrogen-bond acceptors (Lipinski definition) is 3. The molecule has 94 valence electrons. The van der Waals surface area contributed by atoms with Crippen LogP contribution in [0.25, 0.3) is 0 Å². The van der Waals surface area contributed by atoms with Gasteiger partial charge in [0.15, 0.2) is 0 Å². The van der Waals surface area contributed by atoms with Crippen molar-refractivity contribution in [3.05, 3.63) is 0 Å². The molecule has 2 aliphatic carbocycles. The molecule has 1 N–H and O–H groups in total. The Labute approximate surface area is 98.8 Å². The third kappa shape index (κ3) is 2.41. The van der Waals surface area contributed by atoms with E-state index in [0.29, 0.717) is 18.2 Å². The molecule has 0 aromatic heterocycles. The molecule has 0 spiro atoms. The minimum absolute atomic E-state index is 0.203. The summed E-state index contributed by atoms with van der Waals surface area (Å²) >= 11 is 0. The fourth-order valence-electron chi connectivity index (χ4n) is 2.75. The SMILES string of the molecule is CCOC1CC(NOC2CCCC2)C1(C)C. The summed E-state index contributed by atoms with van der Waals surface area (Å²) in [5.41, 5.74) is 3.46. The van der Waals surface area contributed by atoms with Gasteiger partial charge in [-0.3, -0.25) is 4.84 Å². The lowest BCUT2D eigenvalue weighted by atomic mass is 9.65. The Morgan fingerprint density at radius 3 is 2.50 bits per heavy atom. The van der Waals surface area contributed by atoms with Gasteiger partial charge in [-0.15, -0.1) is 0 Å². The van der Waals surface area contributed by atoms with Gasteiger partial charge in [0, 0.05) is 18.1 Å². The standard InChI is InChI=1S/C13H25NO2/c1-4-15-12-9-11(13(12,2)3)14-16-10-7-5-6-8-10/h10-12,14H,4-9H2,1-3H3. The molecule has 0 amide bonds. The van der Waals surface area contributed by atoms with Crippen molar-refractivity contribution in [2.24, 2.45) is 5.41 Å². The number of hydroxylamine groups is 1. The van der Waals surface area contributed by atoms with Crippen LogP contribution in [0.15, 0.2) is 0 Å². The first-order valence-corrected chi connectivity index (χ1v) is 6.67. The van der Waals surface area contributed by atoms with E-state index in [1.807, 2.05) is 0 Å². The molecule has 2 fully saturated rings. The maximum absolute atomic E-state index is 5.76. The lowest BCUT2D eigenvalue weighted by molar-refractivity contribution is -0.166. The van der Waals surface area contributed by atoms with Crippen molar-refractivity contribution in [3.8, 4) is 0 Å². The molecule has 2 atom stereocenters. The smallest absolute Gasteiger partial charge is 0.0790 e. The summed E-state index contributed by atoms with van der Waals surface area (Å²) in [5, 5.41) is 0. The maximum Gasteiger partial charge on any atom is 0.0790 e. The van der Waals surface area contributed by atoms with E-state index in [9.17, 15) is 0 Å². The minimum Gasteiger partial charge on any atom is -0.378 e. The van der Waals surface area contributed by atoms with Gasteiger partial charge in [0.25, 0.3) is 0 Å². The molecular formula is C13H25NO2. The third-order valence-corrected chi connectivity index (χ3v) is 4.22. The van der Waals surface area contributed by atoms with Crippen LogP contribution in [0.3, 0.4) is 0 Å². The monoisotopic (exact) mass is 227 g/mol. The number of hydrogen-bond donors (Lipinski definition) is 1. The van der Waals surface area contributed by atoms with Crippen LogP contribution in [-0.2, 0) is 9.57 Å². The van der Waals surface area contributed by atoms with Crippen LogP contribution in [-0.4, -0.2) is 24.9 Å². The van der Waals surface area contributed by atoms with Gasteiger partial charge >= 0.3 is 0 Å². The Balaban J connectivity index is 1.71. The summed E-state index contributed by atoms with van der Waals surface area (Å²) < 4.78 is 5.70. The van der Waals surface area contributed by atoms with Crippen LogP contribution in [0, 0.1) is 5.41 Å². The summed E-state index contributed by atoms with van der Waals surface area (Å²) in [4.78, 5) is 5.76. The topological polar surface area (TPSA) is 30.5 Å². The fourth-order valence-corrected chi connectivity index (χ4v) is 2.75. The van der Waals surface area contributed by atoms with Gasteiger partial charge in [0.1, 0.15) is 0 Å². The minimum atomic E-state index is 0.203. The lowest BCUT2D eigenvalue weighted by Gasteiger charge is -2.51. The Morgan fingerprint density at radius 2 is 1.94 bits per heavy atom. The number of nitrogens with one attached hydrogen (secondary N) is 1. The third-order valence-electron chi connectivity index (χ3n) is 4.22. The molecule has 0 bridgehead atoms. The molecule has 2 unspecified atom stereocenters. The van der Waals surface area contributed by atoms with Crippen molar-refractivity contribution in [1.82, 2.24) is 5.48 Å². The normalized spacial score (nSPS) is 33.9. The summed E-state index contributed by atoms with van der Waals surface area (Å²) in [6, 6.07) is 0.449. The van der Waals surface area contributed by atoms with Gasteiger partial charge in [0.2, 0.25) is 0 Å². The van der Waals surface area contributed by atoms with Gasteiger partial charge in [-0.05, 0) is 26.2 Å². The van der Waals surface area contributed by atoms with Crippen molar-refractivity contribution in [2.75, 3.05) is 6.61 Å². The second-order valence-electron chi connectivity index (χ2n) is 5.70. The predicted octanol–water partition coefficient (Wildman–Crippen LogP) is 2.65. The van der Waals surface area contributed by atoms with Crippen molar-refractivity contribution in [2.45, 2.75) is 71.1 Å². The van der Waals surface area contributed by atoms with Crippen molar-refractivity contribution >= 4 is 0 Å². The molecule has 3 nitrogen and oxygen atoms in total. The molecule has 16 heavy (non-hydrogen) atoms. The van der Waals surface area contributed by atoms with Gasteiger partial charge in [-0.2, -0.15) is 5.48 Å². The zero-order valence-corrected chi connectivity index (χ0v) is 10.8. The molecule has 0 heterocycles. The summed E-state index contributed by atoms with van der Waals surface area (Å²) in [7, 11) is 0. The van der Waals surface area contributed by atoms with Crippen LogP contribution < -0.4 is 5.48 Å².